The SMILES string of the molecule is Cc1nc(CN(C(=O)[C@H](Cc2ccc(OC(C)(C)C)cc2)NC(=O)OC(C)(C)C)C(C)C)n(COCC[Si](C)(C)C)c1C. The fraction of sp³-hybridized carbons (Fsp3) is 0.667. The second kappa shape index (κ2) is 14.7. The number of nitrogens with one attached hydrogen (secondary N) is 1. The van der Waals surface area contributed by atoms with E-state index in [-0.39, 0.29) is 24.1 Å². The number of carbonyl (C=O) groups excluding carboxylic acids is 2. The average Bonchev–Trinajstić information content (AvgIpc) is 3.10. The third-order valence-electron chi connectivity index (χ3n) is 6.75. The molecule has 1 aromatic heterocycles. The van der Waals surface area contributed by atoms with Crippen LogP contribution in [0.4, 0.5) is 4.79 Å². The second-order valence-electron chi connectivity index (χ2n) is 14.8. The van der Waals surface area contributed by atoms with Crippen molar-refractivity contribution in [2.45, 2.75) is 138 Å². The number of benzene rings is 1. The van der Waals surface area contributed by atoms with Crippen LogP contribution in [0, 0.1) is 13.8 Å². The van der Waals surface area contributed by atoms with Gasteiger partial charge in [-0.3, -0.25) is 4.79 Å². The molecule has 0 bridgehead atoms. The van der Waals surface area contributed by atoms with Crippen molar-refractivity contribution >= 4 is 20.1 Å². The summed E-state index contributed by atoms with van der Waals surface area (Å²) in [6.07, 6.45) is -0.338. The van der Waals surface area contributed by atoms with Gasteiger partial charge in [-0.25, -0.2) is 9.78 Å². The number of nitrogens with zero attached hydrogens (tertiary/aromatic N) is 3. The molecule has 242 valence electrons. The molecule has 10 heteroatoms. The first-order valence-corrected chi connectivity index (χ1v) is 19.0. The molecular weight excluding hydrogens is 560 g/mol. The lowest BCUT2D eigenvalue weighted by atomic mass is 10.0. The smallest absolute Gasteiger partial charge is 0.408 e. The predicted octanol–water partition coefficient (Wildman–Crippen LogP) is 6.86. The van der Waals surface area contributed by atoms with Gasteiger partial charge in [0.05, 0.1) is 12.2 Å². The highest BCUT2D eigenvalue weighted by Gasteiger charge is 2.31. The normalized spacial score (nSPS) is 13.2. The minimum Gasteiger partial charge on any atom is -0.488 e. The van der Waals surface area contributed by atoms with E-state index in [9.17, 15) is 9.59 Å². The van der Waals surface area contributed by atoms with Gasteiger partial charge in [0, 0.05) is 32.8 Å². The van der Waals surface area contributed by atoms with Crippen molar-refractivity contribution in [3.8, 4) is 5.75 Å². The largest absolute Gasteiger partial charge is 0.488 e. The van der Waals surface area contributed by atoms with E-state index in [4.69, 9.17) is 19.2 Å². The molecule has 2 aromatic rings. The number of amides is 2. The Balaban J connectivity index is 2.33. The number of aryl methyl sites for hydroxylation is 1. The van der Waals surface area contributed by atoms with Gasteiger partial charge in [0.1, 0.15) is 35.5 Å². The molecule has 1 N–H and O–H groups in total. The van der Waals surface area contributed by atoms with Crippen molar-refractivity contribution in [3.05, 3.63) is 47.0 Å². The zero-order valence-electron chi connectivity index (χ0n) is 28.9. The van der Waals surface area contributed by atoms with Crippen molar-refractivity contribution in [3.63, 3.8) is 0 Å². The molecule has 0 aliphatic heterocycles. The van der Waals surface area contributed by atoms with Gasteiger partial charge in [0.15, 0.2) is 0 Å². The summed E-state index contributed by atoms with van der Waals surface area (Å²) in [7, 11) is -1.22. The number of imidazole rings is 1. The molecule has 0 spiro atoms. The zero-order chi connectivity index (χ0) is 32.8. The Labute approximate surface area is 260 Å². The lowest BCUT2D eigenvalue weighted by molar-refractivity contribution is -0.136. The number of carbonyl (C=O) groups is 2. The highest BCUT2D eigenvalue weighted by atomic mass is 28.3. The molecule has 0 saturated heterocycles. The molecule has 0 fully saturated rings. The van der Waals surface area contributed by atoms with Crippen molar-refractivity contribution in [1.29, 1.82) is 0 Å². The first-order chi connectivity index (χ1) is 19.6. The summed E-state index contributed by atoms with van der Waals surface area (Å²) in [6, 6.07) is 7.72. The van der Waals surface area contributed by atoms with Crippen LogP contribution in [0.25, 0.3) is 0 Å². The van der Waals surface area contributed by atoms with Crippen molar-refractivity contribution < 1.29 is 23.8 Å². The van der Waals surface area contributed by atoms with Crippen molar-refractivity contribution in [2.24, 2.45) is 0 Å². The second-order valence-corrected chi connectivity index (χ2v) is 20.4. The molecule has 1 aromatic carbocycles. The maximum atomic E-state index is 14.2. The monoisotopic (exact) mass is 616 g/mol. The summed E-state index contributed by atoms with van der Waals surface area (Å²) in [4.78, 5) is 33.6. The molecule has 0 unspecified atom stereocenters. The molecule has 1 heterocycles. The van der Waals surface area contributed by atoms with Gasteiger partial charge in [-0.2, -0.15) is 0 Å². The van der Waals surface area contributed by atoms with E-state index >= 15 is 0 Å². The van der Waals surface area contributed by atoms with Crippen LogP contribution in [0.15, 0.2) is 24.3 Å². The number of hydrogen-bond acceptors (Lipinski definition) is 6. The summed E-state index contributed by atoms with van der Waals surface area (Å²) in [5, 5.41) is 2.85. The number of alkyl carbamates (subject to hydrolysis) is 1. The van der Waals surface area contributed by atoms with Crippen LogP contribution in [-0.4, -0.2) is 64.4 Å². The fourth-order valence-electron chi connectivity index (χ4n) is 4.35. The lowest BCUT2D eigenvalue weighted by Crippen LogP contribution is -2.52. The summed E-state index contributed by atoms with van der Waals surface area (Å²) >= 11 is 0. The van der Waals surface area contributed by atoms with E-state index in [1.807, 2.05) is 77.3 Å². The standard InChI is InChI=1S/C33H56N4O5Si/c1-23(2)36(21-29-34-24(3)25(4)37(29)22-40-18-19-43(11,12)13)30(38)28(35-31(39)42-33(8,9)10)20-26-14-16-27(17-15-26)41-32(5,6)7/h14-17,23,28H,18-22H2,1-13H3,(H,35,39)/t28-/m0/s1. The maximum Gasteiger partial charge on any atom is 0.408 e. The predicted molar refractivity (Wildman–Crippen MR) is 175 cm³/mol. The molecule has 0 saturated carbocycles. The van der Waals surface area contributed by atoms with Gasteiger partial charge >= 0.3 is 6.09 Å². The van der Waals surface area contributed by atoms with Crippen LogP contribution in [-0.2, 0) is 34.0 Å². The van der Waals surface area contributed by atoms with E-state index in [0.29, 0.717) is 19.8 Å². The molecule has 1 atom stereocenters. The summed E-state index contributed by atoms with van der Waals surface area (Å²) in [5.74, 6) is 1.29. The first kappa shape index (κ1) is 36.3. The quantitative estimate of drug-likeness (QED) is 0.195. The van der Waals surface area contributed by atoms with Gasteiger partial charge in [-0.15, -0.1) is 0 Å². The minimum atomic E-state index is -1.22. The van der Waals surface area contributed by atoms with Crippen LogP contribution in [0.5, 0.6) is 5.75 Å². The average molecular weight is 617 g/mol. The molecule has 0 aliphatic carbocycles. The molecule has 0 aliphatic rings. The van der Waals surface area contributed by atoms with Gasteiger partial charge in [0.2, 0.25) is 5.91 Å². The van der Waals surface area contributed by atoms with Crippen LogP contribution in [0.2, 0.25) is 25.7 Å². The Morgan fingerprint density at radius 2 is 1.60 bits per heavy atom. The van der Waals surface area contributed by atoms with E-state index in [0.717, 1.165) is 34.6 Å². The van der Waals surface area contributed by atoms with Crippen LogP contribution < -0.4 is 10.1 Å². The Morgan fingerprint density at radius 3 is 2.12 bits per heavy atom. The number of hydrogen-bond donors (Lipinski definition) is 1. The number of aromatic nitrogens is 2. The number of ether oxygens (including phenoxy) is 3. The molecule has 43 heavy (non-hydrogen) atoms. The summed E-state index contributed by atoms with van der Waals surface area (Å²) in [6.45, 7) is 27.7. The summed E-state index contributed by atoms with van der Waals surface area (Å²) in [5.41, 5.74) is 1.79. The van der Waals surface area contributed by atoms with Crippen LogP contribution in [0.3, 0.4) is 0 Å². The van der Waals surface area contributed by atoms with Crippen molar-refractivity contribution in [2.75, 3.05) is 6.61 Å². The Kier molecular flexibility index (Phi) is 12.5. The third kappa shape index (κ3) is 12.7. The van der Waals surface area contributed by atoms with Crippen molar-refractivity contribution in [1.82, 2.24) is 19.8 Å². The van der Waals surface area contributed by atoms with Gasteiger partial charge in [-0.1, -0.05) is 31.8 Å². The fourth-order valence-corrected chi connectivity index (χ4v) is 5.11. The molecule has 0 radical (unpaired) electrons. The highest BCUT2D eigenvalue weighted by molar-refractivity contribution is 6.76. The number of rotatable bonds is 13. The minimum absolute atomic E-state index is 0.142. The van der Waals surface area contributed by atoms with Gasteiger partial charge < -0.3 is 29.0 Å². The molecular formula is C33H56N4O5Si. The topological polar surface area (TPSA) is 94.9 Å². The molecule has 2 rings (SSSR count). The van der Waals surface area contributed by atoms with Crippen LogP contribution in [0.1, 0.15) is 78.2 Å². The van der Waals surface area contributed by atoms with E-state index in [1.165, 1.54) is 0 Å². The molecule has 2 amide bonds. The lowest BCUT2D eigenvalue weighted by Gasteiger charge is -2.31. The highest BCUT2D eigenvalue weighted by Crippen LogP contribution is 2.21. The van der Waals surface area contributed by atoms with Gasteiger partial charge in [0.25, 0.3) is 0 Å². The van der Waals surface area contributed by atoms with E-state index in [1.54, 1.807) is 25.7 Å². The third-order valence-corrected chi connectivity index (χ3v) is 8.45. The maximum absolute atomic E-state index is 14.2. The Morgan fingerprint density at radius 1 is 1.00 bits per heavy atom. The summed E-state index contributed by atoms with van der Waals surface area (Å²) < 4.78 is 19.6. The molecule has 9 nitrogen and oxygen atoms in total. The van der Waals surface area contributed by atoms with Gasteiger partial charge in [-0.05, 0) is 93.0 Å². The first-order valence-electron chi connectivity index (χ1n) is 15.3. The Bertz CT molecular complexity index is 1200. The van der Waals surface area contributed by atoms with E-state index < -0.39 is 25.8 Å². The van der Waals surface area contributed by atoms with E-state index in [2.05, 4.69) is 25.0 Å². The Hall–Kier alpha value is -2.85. The van der Waals surface area contributed by atoms with Crippen LogP contribution >= 0.6 is 0 Å². The zero-order valence-corrected chi connectivity index (χ0v) is 29.9.